The van der Waals surface area contributed by atoms with E-state index in [-0.39, 0.29) is 0 Å². The molecule has 9 aromatic rings. The van der Waals surface area contributed by atoms with Crippen LogP contribution in [-0.4, -0.2) is 80.3 Å². The number of halogens is 1. The van der Waals surface area contributed by atoms with Crippen LogP contribution in [0.15, 0.2) is 146 Å². The van der Waals surface area contributed by atoms with Crippen molar-refractivity contribution in [3.05, 3.63) is 151 Å². The number of ether oxygens (including phenoxy) is 6. The van der Waals surface area contributed by atoms with Gasteiger partial charge in [0.05, 0.1) is 94.2 Å². The first-order valence-corrected chi connectivity index (χ1v) is 20.3. The minimum absolute atomic E-state index is 0.649. The van der Waals surface area contributed by atoms with Crippen LogP contribution < -0.4 is 44.4 Å². The van der Waals surface area contributed by atoms with Gasteiger partial charge in [0.25, 0.3) is 0 Å². The van der Waals surface area contributed by atoms with Gasteiger partial charge in [0, 0.05) is 58.5 Å². The number of nitrogens with two attached hydrogens (primary N) is 1. The number of hydrogen-bond acceptors (Lipinski definition) is 15. The van der Waals surface area contributed by atoms with Gasteiger partial charge in [-0.25, -0.2) is 0 Å². The Morgan fingerprint density at radius 1 is 0.477 bits per heavy atom. The minimum atomic E-state index is 0.649. The molecule has 332 valence electrons. The van der Waals surface area contributed by atoms with Crippen molar-refractivity contribution in [3.63, 3.8) is 0 Å². The van der Waals surface area contributed by atoms with Gasteiger partial charge in [-0.3, -0.25) is 0 Å². The van der Waals surface area contributed by atoms with Crippen LogP contribution in [0.2, 0.25) is 5.02 Å². The summed E-state index contributed by atoms with van der Waals surface area (Å²) in [6.07, 6.45) is 5.02. The first kappa shape index (κ1) is 46.3. The molecular formula is C49H48ClN9O6. The molecule has 0 saturated heterocycles. The number of aromatic nitrogens is 6. The molecule has 0 unspecified atom stereocenters. The zero-order chi connectivity index (χ0) is 46.1. The van der Waals surface area contributed by atoms with E-state index in [0.29, 0.717) is 45.2 Å². The molecule has 0 bridgehead atoms. The predicted molar refractivity (Wildman–Crippen MR) is 258 cm³/mol. The molecule has 16 heteroatoms. The van der Waals surface area contributed by atoms with Gasteiger partial charge in [-0.05, 0) is 54.6 Å². The van der Waals surface area contributed by atoms with Crippen molar-refractivity contribution in [1.82, 2.24) is 30.6 Å². The van der Waals surface area contributed by atoms with Crippen molar-refractivity contribution >= 4 is 72.7 Å². The Bertz CT molecular complexity index is 2960. The summed E-state index contributed by atoms with van der Waals surface area (Å²) in [5.74, 6) is 4.12. The average Bonchev–Trinajstić information content (AvgIpc) is 3.36. The Morgan fingerprint density at radius 3 is 1.54 bits per heavy atom. The summed E-state index contributed by atoms with van der Waals surface area (Å²) in [6, 6.07) is 40.2. The molecule has 65 heavy (non-hydrogen) atoms. The van der Waals surface area contributed by atoms with Crippen molar-refractivity contribution < 1.29 is 28.4 Å². The van der Waals surface area contributed by atoms with Gasteiger partial charge >= 0.3 is 0 Å². The summed E-state index contributed by atoms with van der Waals surface area (Å²) in [7, 11) is 11.7. The average molecular weight is 894 g/mol. The molecule has 0 aliphatic rings. The third kappa shape index (κ3) is 11.7. The zero-order valence-electron chi connectivity index (χ0n) is 36.9. The van der Waals surface area contributed by atoms with Crippen molar-refractivity contribution in [1.29, 1.82) is 0 Å². The van der Waals surface area contributed by atoms with E-state index in [1.807, 2.05) is 116 Å². The fourth-order valence-corrected chi connectivity index (χ4v) is 6.64. The number of methoxy groups -OCH3 is 6. The standard InChI is InChI=1S/C17H17N3O2.C16H15N3O2.C8H5ClN2.C8H11NO2/c1-20(12-8-9-16(21-2)17(10-12)22-3)15-11-18-19-14-7-5-4-6-13(14)15;1-20-15-8-7-11(9-16(15)21-2)18-14-10-17-19-13-6-4-3-5-12(13)14;9-7-5-10-11-8-4-2-1-3-6(7)8;1-10-7-4-3-6(9)5-8(7)11-2/h4-11H,1-3H3;3-10H,1-2H3,(H,18,19);1-5H;3-5H,9H2,1-2H3. The van der Waals surface area contributed by atoms with Crippen LogP contribution in [0.4, 0.5) is 28.4 Å². The highest BCUT2D eigenvalue weighted by Gasteiger charge is 2.13. The fourth-order valence-electron chi connectivity index (χ4n) is 6.44. The Hall–Kier alpha value is -8.17. The maximum absolute atomic E-state index is 5.85. The first-order valence-electron chi connectivity index (χ1n) is 19.9. The van der Waals surface area contributed by atoms with E-state index in [2.05, 4.69) is 40.8 Å². The highest BCUT2D eigenvalue weighted by molar-refractivity contribution is 6.35. The molecule has 0 aliphatic carbocycles. The molecule has 3 heterocycles. The lowest BCUT2D eigenvalue weighted by Gasteiger charge is -2.21. The Labute approximate surface area is 381 Å². The van der Waals surface area contributed by atoms with Gasteiger partial charge < -0.3 is 44.4 Å². The molecule has 0 radical (unpaired) electrons. The minimum Gasteiger partial charge on any atom is -0.493 e. The van der Waals surface area contributed by atoms with E-state index in [9.17, 15) is 0 Å². The third-order valence-corrected chi connectivity index (χ3v) is 10.1. The number of hydrogen-bond donors (Lipinski definition) is 2. The first-order chi connectivity index (χ1) is 31.7. The highest BCUT2D eigenvalue weighted by Crippen LogP contribution is 2.36. The number of benzene rings is 6. The molecule has 9 rings (SSSR count). The zero-order valence-corrected chi connectivity index (χ0v) is 37.6. The lowest BCUT2D eigenvalue weighted by Crippen LogP contribution is -2.11. The Morgan fingerprint density at radius 2 is 0.938 bits per heavy atom. The quantitative estimate of drug-likeness (QED) is 0.124. The summed E-state index contributed by atoms with van der Waals surface area (Å²) < 4.78 is 31.2. The maximum Gasteiger partial charge on any atom is 0.162 e. The number of fused-ring (bicyclic) bond motifs is 3. The SMILES string of the molecule is COc1ccc(N(C)c2cnnc3ccccc23)cc1OC.COc1ccc(N)cc1OC.COc1ccc(Nc2cnnc3ccccc23)cc1OC.Clc1cnnc2ccccc12. The molecule has 15 nitrogen and oxygen atoms in total. The lowest BCUT2D eigenvalue weighted by atomic mass is 10.2. The molecule has 0 atom stereocenters. The van der Waals surface area contributed by atoms with Crippen LogP contribution in [0.25, 0.3) is 32.7 Å². The number of rotatable bonds is 10. The van der Waals surface area contributed by atoms with Crippen molar-refractivity contribution in [3.8, 4) is 34.5 Å². The normalized spacial score (nSPS) is 10.2. The second-order valence-corrected chi connectivity index (χ2v) is 14.0. The summed E-state index contributed by atoms with van der Waals surface area (Å²) in [4.78, 5) is 2.05. The van der Waals surface area contributed by atoms with Gasteiger partial charge in [0.1, 0.15) is 0 Å². The van der Waals surface area contributed by atoms with Gasteiger partial charge in [-0.2, -0.15) is 30.6 Å². The number of nitrogens with one attached hydrogen (secondary N) is 1. The van der Waals surface area contributed by atoms with E-state index < -0.39 is 0 Å². The van der Waals surface area contributed by atoms with Crippen LogP contribution in [0, 0.1) is 0 Å². The molecular weight excluding hydrogens is 846 g/mol. The lowest BCUT2D eigenvalue weighted by molar-refractivity contribution is 0.355. The molecule has 0 spiro atoms. The maximum atomic E-state index is 5.85. The smallest absolute Gasteiger partial charge is 0.162 e. The van der Waals surface area contributed by atoms with E-state index in [4.69, 9.17) is 45.8 Å². The second kappa shape index (κ2) is 22.8. The Balaban J connectivity index is 0.000000151. The van der Waals surface area contributed by atoms with Gasteiger partial charge in [-0.1, -0.05) is 66.2 Å². The highest BCUT2D eigenvalue weighted by atomic mass is 35.5. The fraction of sp³-hybridized carbons (Fsp3) is 0.143. The van der Waals surface area contributed by atoms with Gasteiger partial charge in [0.2, 0.25) is 0 Å². The van der Waals surface area contributed by atoms with Gasteiger partial charge in [-0.15, -0.1) is 0 Å². The molecule has 6 aromatic carbocycles. The number of nitrogens with zero attached hydrogens (tertiary/aromatic N) is 7. The van der Waals surface area contributed by atoms with Crippen molar-refractivity contribution in [2.75, 3.05) is 65.7 Å². The molecule has 0 saturated carbocycles. The summed E-state index contributed by atoms with van der Waals surface area (Å²) in [5.41, 5.74) is 12.5. The van der Waals surface area contributed by atoms with Crippen LogP contribution in [0.3, 0.4) is 0 Å². The number of anilines is 5. The summed E-state index contributed by atoms with van der Waals surface area (Å²) in [6.45, 7) is 0. The molecule has 3 N–H and O–H groups in total. The van der Waals surface area contributed by atoms with E-state index >= 15 is 0 Å². The van der Waals surface area contributed by atoms with Gasteiger partial charge in [0.15, 0.2) is 34.5 Å². The van der Waals surface area contributed by atoms with E-state index in [0.717, 1.165) is 55.5 Å². The molecule has 0 amide bonds. The molecule has 0 fully saturated rings. The van der Waals surface area contributed by atoms with Crippen molar-refractivity contribution in [2.45, 2.75) is 0 Å². The third-order valence-electron chi connectivity index (χ3n) is 9.76. The van der Waals surface area contributed by atoms with Crippen LogP contribution >= 0.6 is 11.6 Å². The Kier molecular flexibility index (Phi) is 16.2. The monoisotopic (exact) mass is 893 g/mol. The summed E-state index contributed by atoms with van der Waals surface area (Å²) >= 11 is 5.85. The van der Waals surface area contributed by atoms with Crippen LogP contribution in [0.5, 0.6) is 34.5 Å². The van der Waals surface area contributed by atoms with E-state index in [1.54, 1.807) is 79.4 Å². The van der Waals surface area contributed by atoms with Crippen molar-refractivity contribution in [2.24, 2.45) is 0 Å². The summed E-state index contributed by atoms with van der Waals surface area (Å²) in [5, 5.41) is 31.0. The molecule has 3 aromatic heterocycles. The molecule has 0 aliphatic heterocycles. The largest absolute Gasteiger partial charge is 0.493 e. The van der Waals surface area contributed by atoms with Crippen LogP contribution in [-0.2, 0) is 0 Å². The predicted octanol–water partition coefficient (Wildman–Crippen LogP) is 10.4. The van der Waals surface area contributed by atoms with Crippen LogP contribution in [0.1, 0.15) is 0 Å². The van der Waals surface area contributed by atoms with E-state index in [1.165, 1.54) is 0 Å². The topological polar surface area (TPSA) is 174 Å². The number of nitrogen functional groups attached to an aromatic ring is 1. The second-order valence-electron chi connectivity index (χ2n) is 13.6.